The van der Waals surface area contributed by atoms with Gasteiger partial charge in [-0.15, -0.1) is 36.2 Å². The maximum atomic E-state index is 13.1. The van der Waals surface area contributed by atoms with E-state index in [1.807, 2.05) is 11.8 Å². The average Bonchev–Trinajstić information content (AvgIpc) is 2.92. The normalized spacial score (nSPS) is 19.8. The van der Waals surface area contributed by atoms with Gasteiger partial charge in [-0.25, -0.2) is 9.37 Å². The number of thiazole rings is 1. The molecule has 1 aromatic heterocycles. The van der Waals surface area contributed by atoms with Gasteiger partial charge in [0.15, 0.2) is 0 Å². The highest BCUT2D eigenvalue weighted by Crippen LogP contribution is 2.29. The summed E-state index contributed by atoms with van der Waals surface area (Å²) < 4.78 is 13.1. The van der Waals surface area contributed by atoms with Crippen LogP contribution in [-0.4, -0.2) is 41.0 Å². The first kappa shape index (κ1) is 21.8. The van der Waals surface area contributed by atoms with Crippen molar-refractivity contribution in [2.45, 2.75) is 32.9 Å². The van der Waals surface area contributed by atoms with Crippen molar-refractivity contribution >= 4 is 42.1 Å². The Kier molecular flexibility index (Phi) is 7.81. The first-order valence-electron chi connectivity index (χ1n) is 7.75. The van der Waals surface area contributed by atoms with Crippen molar-refractivity contribution < 1.29 is 9.18 Å². The summed E-state index contributed by atoms with van der Waals surface area (Å²) in [6.07, 6.45) is 0. The van der Waals surface area contributed by atoms with Crippen LogP contribution in [0, 0.1) is 12.7 Å². The zero-order valence-electron chi connectivity index (χ0n) is 14.3. The molecule has 3 rings (SSSR count). The maximum Gasteiger partial charge on any atom is 0.266 e. The molecule has 1 fully saturated rings. The van der Waals surface area contributed by atoms with Gasteiger partial charge in [0.2, 0.25) is 0 Å². The number of nitrogens with one attached hydrogen (secondary N) is 1. The third-order valence-corrected chi connectivity index (χ3v) is 5.57. The van der Waals surface area contributed by atoms with E-state index in [0.717, 1.165) is 22.8 Å². The minimum atomic E-state index is -0.276. The number of benzene rings is 1. The molecule has 1 aliphatic heterocycles. The maximum absolute atomic E-state index is 13.1. The Morgan fingerprint density at radius 2 is 1.92 bits per heavy atom. The molecule has 0 aliphatic carbocycles. The predicted octanol–water partition coefficient (Wildman–Crippen LogP) is 3.92. The van der Waals surface area contributed by atoms with E-state index < -0.39 is 0 Å². The van der Waals surface area contributed by atoms with E-state index in [1.54, 1.807) is 12.1 Å². The zero-order chi connectivity index (χ0) is 16.6. The first-order chi connectivity index (χ1) is 11.0. The highest BCUT2D eigenvalue weighted by Gasteiger charge is 2.30. The summed E-state index contributed by atoms with van der Waals surface area (Å²) >= 11 is 1.38. The Hall–Kier alpha value is -1.21. The average molecular weight is 406 g/mol. The molecule has 1 saturated heterocycles. The third-order valence-electron chi connectivity index (χ3n) is 4.38. The number of piperazine rings is 1. The van der Waals surface area contributed by atoms with Crippen molar-refractivity contribution in [2.75, 3.05) is 13.1 Å². The number of carbonyl (C=O) groups excluding carboxylic acids is 1. The number of aromatic nitrogens is 1. The molecule has 138 valence electrons. The number of hydrogen-bond donors (Lipinski definition) is 1. The summed E-state index contributed by atoms with van der Waals surface area (Å²) in [5, 5.41) is 4.13. The second-order valence-electron chi connectivity index (χ2n) is 5.92. The number of hydrogen-bond acceptors (Lipinski definition) is 4. The quantitative estimate of drug-likeness (QED) is 0.822. The van der Waals surface area contributed by atoms with E-state index in [0.29, 0.717) is 11.4 Å². The molecule has 2 unspecified atom stereocenters. The summed E-state index contributed by atoms with van der Waals surface area (Å²) in [6, 6.07) is 6.63. The van der Waals surface area contributed by atoms with Crippen molar-refractivity contribution in [2.24, 2.45) is 0 Å². The molecule has 1 aliphatic rings. The summed E-state index contributed by atoms with van der Waals surface area (Å²) in [6.45, 7) is 7.51. The molecule has 0 radical (unpaired) electrons. The molecule has 2 atom stereocenters. The van der Waals surface area contributed by atoms with E-state index in [9.17, 15) is 9.18 Å². The lowest BCUT2D eigenvalue weighted by molar-refractivity contribution is 0.0607. The molecule has 0 spiro atoms. The topological polar surface area (TPSA) is 45.2 Å². The van der Waals surface area contributed by atoms with Gasteiger partial charge >= 0.3 is 0 Å². The van der Waals surface area contributed by atoms with Crippen molar-refractivity contribution in [3.8, 4) is 10.6 Å². The largest absolute Gasteiger partial charge is 0.332 e. The van der Waals surface area contributed by atoms with Gasteiger partial charge in [0.1, 0.15) is 15.7 Å². The molecule has 2 heterocycles. The van der Waals surface area contributed by atoms with Crippen LogP contribution in [0.3, 0.4) is 0 Å². The van der Waals surface area contributed by atoms with E-state index in [2.05, 4.69) is 24.1 Å². The van der Waals surface area contributed by atoms with Crippen LogP contribution in [0.5, 0.6) is 0 Å². The number of aryl methyl sites for hydroxylation is 1. The zero-order valence-corrected chi connectivity index (χ0v) is 16.7. The van der Waals surface area contributed by atoms with Crippen molar-refractivity contribution in [3.05, 3.63) is 40.7 Å². The Balaban J connectivity index is 0.00000156. The van der Waals surface area contributed by atoms with Gasteiger partial charge < -0.3 is 10.2 Å². The Morgan fingerprint density at radius 3 is 2.56 bits per heavy atom. The van der Waals surface area contributed by atoms with Gasteiger partial charge in [-0.2, -0.15) is 0 Å². The Bertz CT molecular complexity index is 723. The highest BCUT2D eigenvalue weighted by molar-refractivity contribution is 7.17. The number of carbonyl (C=O) groups is 1. The molecule has 1 amide bonds. The number of rotatable bonds is 2. The lowest BCUT2D eigenvalue weighted by atomic mass is 10.1. The lowest BCUT2D eigenvalue weighted by Crippen LogP contribution is -2.57. The summed E-state index contributed by atoms with van der Waals surface area (Å²) in [4.78, 5) is 20.0. The molecule has 1 N–H and O–H groups in total. The van der Waals surface area contributed by atoms with Crippen LogP contribution in [-0.2, 0) is 0 Å². The minimum absolute atomic E-state index is 0. The van der Waals surface area contributed by atoms with E-state index >= 15 is 0 Å². The van der Waals surface area contributed by atoms with Crippen LogP contribution in [0.4, 0.5) is 4.39 Å². The van der Waals surface area contributed by atoms with Crippen LogP contribution in [0.1, 0.15) is 29.2 Å². The fourth-order valence-corrected chi connectivity index (χ4v) is 3.81. The molecule has 25 heavy (non-hydrogen) atoms. The molecule has 1 aromatic carbocycles. The molecule has 0 bridgehead atoms. The van der Waals surface area contributed by atoms with Gasteiger partial charge in [-0.3, -0.25) is 4.79 Å². The van der Waals surface area contributed by atoms with Gasteiger partial charge in [0.05, 0.1) is 5.69 Å². The van der Waals surface area contributed by atoms with Gasteiger partial charge in [0, 0.05) is 30.7 Å². The fraction of sp³-hybridized carbons (Fsp3) is 0.412. The Labute approximate surface area is 163 Å². The molecule has 4 nitrogen and oxygen atoms in total. The van der Waals surface area contributed by atoms with E-state index in [4.69, 9.17) is 0 Å². The second kappa shape index (κ2) is 8.94. The van der Waals surface area contributed by atoms with Gasteiger partial charge in [0.25, 0.3) is 5.91 Å². The molecular formula is C17H22Cl2FN3OS. The summed E-state index contributed by atoms with van der Waals surface area (Å²) in [7, 11) is 0. The molecule has 2 aromatic rings. The van der Waals surface area contributed by atoms with E-state index in [1.165, 1.54) is 23.5 Å². The summed E-state index contributed by atoms with van der Waals surface area (Å²) in [5.41, 5.74) is 1.57. The monoisotopic (exact) mass is 405 g/mol. The second-order valence-corrected chi connectivity index (χ2v) is 6.92. The SMILES string of the molecule is Cc1nc(-c2ccc(F)cc2)sc1C(=O)N1CCNC(C)C1C.Cl.Cl. The van der Waals surface area contributed by atoms with Crippen molar-refractivity contribution in [3.63, 3.8) is 0 Å². The minimum Gasteiger partial charge on any atom is -0.332 e. The Morgan fingerprint density at radius 1 is 1.28 bits per heavy atom. The van der Waals surface area contributed by atoms with Crippen LogP contribution >= 0.6 is 36.2 Å². The van der Waals surface area contributed by atoms with E-state index in [-0.39, 0.29) is 48.6 Å². The smallest absolute Gasteiger partial charge is 0.266 e. The number of halogens is 3. The predicted molar refractivity (Wildman–Crippen MR) is 105 cm³/mol. The summed E-state index contributed by atoms with van der Waals surface area (Å²) in [5.74, 6) is -0.240. The lowest BCUT2D eigenvalue weighted by Gasteiger charge is -2.38. The van der Waals surface area contributed by atoms with Crippen molar-refractivity contribution in [1.29, 1.82) is 0 Å². The van der Waals surface area contributed by atoms with Crippen LogP contribution < -0.4 is 5.32 Å². The van der Waals surface area contributed by atoms with Crippen LogP contribution in [0.15, 0.2) is 24.3 Å². The van der Waals surface area contributed by atoms with Gasteiger partial charge in [-0.05, 0) is 45.0 Å². The molecule has 0 saturated carbocycles. The standard InChI is InChI=1S/C17H20FN3OS.2ClH/c1-10-12(3)21(9-8-19-10)17(22)15-11(2)20-16(23-15)13-4-6-14(18)7-5-13;;/h4-7,10,12,19H,8-9H2,1-3H3;2*1H. The number of amides is 1. The van der Waals surface area contributed by atoms with Gasteiger partial charge in [-0.1, -0.05) is 0 Å². The fourth-order valence-electron chi connectivity index (χ4n) is 2.78. The van der Waals surface area contributed by atoms with Crippen LogP contribution in [0.2, 0.25) is 0 Å². The van der Waals surface area contributed by atoms with Crippen molar-refractivity contribution in [1.82, 2.24) is 15.2 Å². The molecule has 8 heteroatoms. The van der Waals surface area contributed by atoms with Crippen LogP contribution in [0.25, 0.3) is 10.6 Å². The first-order valence-corrected chi connectivity index (χ1v) is 8.56. The highest BCUT2D eigenvalue weighted by atomic mass is 35.5. The molecular weight excluding hydrogens is 384 g/mol. The third kappa shape index (κ3) is 4.50. The number of nitrogens with zero attached hydrogens (tertiary/aromatic N) is 2.